The molecule has 1 heterocycles. The van der Waals surface area contributed by atoms with Gasteiger partial charge >= 0.3 is 0 Å². The van der Waals surface area contributed by atoms with E-state index in [4.69, 9.17) is 10.5 Å². The van der Waals surface area contributed by atoms with Crippen molar-refractivity contribution < 1.29 is 4.74 Å². The zero-order valence-electron chi connectivity index (χ0n) is 10.9. The van der Waals surface area contributed by atoms with E-state index in [9.17, 15) is 0 Å². The van der Waals surface area contributed by atoms with E-state index < -0.39 is 0 Å². The number of nitrogens with one attached hydrogen (secondary N) is 1. The summed E-state index contributed by atoms with van der Waals surface area (Å²) in [5.41, 5.74) is 9.15. The maximum atomic E-state index is 5.94. The van der Waals surface area contributed by atoms with Crippen molar-refractivity contribution in [1.29, 1.82) is 0 Å². The third kappa shape index (κ3) is 2.47. The highest BCUT2D eigenvalue weighted by Crippen LogP contribution is 2.30. The van der Waals surface area contributed by atoms with Gasteiger partial charge in [0.05, 0.1) is 7.11 Å². The van der Waals surface area contributed by atoms with Gasteiger partial charge in [-0.1, -0.05) is 25.5 Å². The lowest BCUT2D eigenvalue weighted by molar-refractivity contribution is 0.415. The Morgan fingerprint density at radius 1 is 1.28 bits per heavy atom. The van der Waals surface area contributed by atoms with Crippen LogP contribution in [0, 0.1) is 0 Å². The molecule has 0 amide bonds. The number of aryl methyl sites for hydroxylation is 1. The summed E-state index contributed by atoms with van der Waals surface area (Å²) in [7, 11) is 1.66. The maximum absolute atomic E-state index is 5.94. The van der Waals surface area contributed by atoms with Crippen molar-refractivity contribution >= 4 is 5.82 Å². The van der Waals surface area contributed by atoms with Crippen molar-refractivity contribution in [3.05, 3.63) is 30.0 Å². The quantitative estimate of drug-likeness (QED) is 0.851. The van der Waals surface area contributed by atoms with Crippen molar-refractivity contribution in [2.45, 2.75) is 26.2 Å². The number of hydrogen-bond acceptors (Lipinski definition) is 3. The molecule has 0 unspecified atom stereocenters. The second kappa shape index (κ2) is 5.58. The van der Waals surface area contributed by atoms with E-state index in [1.165, 1.54) is 0 Å². The third-order valence-corrected chi connectivity index (χ3v) is 3.03. The number of ether oxygens (including phenoxy) is 1. The predicted octanol–water partition coefficient (Wildman–Crippen LogP) is 3.01. The minimum atomic E-state index is 0.561. The monoisotopic (exact) mass is 245 g/mol. The van der Waals surface area contributed by atoms with E-state index in [1.807, 2.05) is 24.3 Å². The number of anilines is 1. The van der Waals surface area contributed by atoms with Gasteiger partial charge in [0.25, 0.3) is 0 Å². The highest BCUT2D eigenvalue weighted by Gasteiger charge is 2.12. The van der Waals surface area contributed by atoms with Crippen LogP contribution in [-0.4, -0.2) is 17.3 Å². The molecule has 0 radical (unpaired) electrons. The van der Waals surface area contributed by atoms with E-state index in [1.54, 1.807) is 7.11 Å². The molecular formula is C14H19N3O. The minimum absolute atomic E-state index is 0.561. The molecule has 0 saturated heterocycles. The number of hydrogen-bond donors (Lipinski definition) is 2. The molecule has 2 aromatic rings. The topological polar surface area (TPSA) is 63.9 Å². The fourth-order valence-corrected chi connectivity index (χ4v) is 2.01. The molecule has 1 aromatic heterocycles. The molecule has 18 heavy (non-hydrogen) atoms. The largest absolute Gasteiger partial charge is 0.497 e. The van der Waals surface area contributed by atoms with Crippen LogP contribution in [0.3, 0.4) is 0 Å². The first-order valence-electron chi connectivity index (χ1n) is 6.23. The van der Waals surface area contributed by atoms with E-state index in [0.717, 1.165) is 41.8 Å². The molecule has 0 aliphatic carbocycles. The van der Waals surface area contributed by atoms with Crippen LogP contribution in [0.4, 0.5) is 5.82 Å². The Hall–Kier alpha value is -1.97. The van der Waals surface area contributed by atoms with Crippen molar-refractivity contribution in [3.63, 3.8) is 0 Å². The van der Waals surface area contributed by atoms with E-state index >= 15 is 0 Å². The van der Waals surface area contributed by atoms with E-state index in [2.05, 4.69) is 17.1 Å². The van der Waals surface area contributed by atoms with Crippen LogP contribution in [-0.2, 0) is 6.42 Å². The van der Waals surface area contributed by atoms with Crippen molar-refractivity contribution in [2.24, 2.45) is 0 Å². The predicted molar refractivity (Wildman–Crippen MR) is 73.6 cm³/mol. The fraction of sp³-hybridized carbons (Fsp3) is 0.357. The molecule has 3 N–H and O–H groups in total. The molecular weight excluding hydrogens is 226 g/mol. The molecule has 0 aliphatic rings. The van der Waals surface area contributed by atoms with Gasteiger partial charge in [-0.2, -0.15) is 5.10 Å². The zero-order valence-corrected chi connectivity index (χ0v) is 10.9. The number of nitrogens with two attached hydrogens (primary N) is 1. The van der Waals surface area contributed by atoms with E-state index in [-0.39, 0.29) is 0 Å². The molecule has 0 bridgehead atoms. The molecule has 0 atom stereocenters. The van der Waals surface area contributed by atoms with Gasteiger partial charge in [-0.25, -0.2) is 0 Å². The molecule has 0 aliphatic heterocycles. The van der Waals surface area contributed by atoms with Crippen LogP contribution in [0.2, 0.25) is 0 Å². The van der Waals surface area contributed by atoms with Gasteiger partial charge in [0.15, 0.2) is 5.82 Å². The Morgan fingerprint density at radius 3 is 2.61 bits per heavy atom. The minimum Gasteiger partial charge on any atom is -0.497 e. The second-order valence-electron chi connectivity index (χ2n) is 4.29. The Bertz CT molecular complexity index is 502. The summed E-state index contributed by atoms with van der Waals surface area (Å²) in [6.07, 6.45) is 3.26. The number of unbranched alkanes of at least 4 members (excludes halogenated alkanes) is 1. The number of H-pyrrole nitrogens is 1. The van der Waals surface area contributed by atoms with Gasteiger partial charge in [-0.05, 0) is 30.5 Å². The van der Waals surface area contributed by atoms with Crippen LogP contribution >= 0.6 is 0 Å². The molecule has 96 valence electrons. The highest BCUT2D eigenvalue weighted by atomic mass is 16.5. The fourth-order valence-electron chi connectivity index (χ4n) is 2.01. The standard InChI is InChI=1S/C14H19N3O/c1-3-4-5-12-13(14(15)17-16-12)10-6-8-11(18-2)9-7-10/h6-9H,3-5H2,1-2H3,(H3,15,16,17). The van der Waals surface area contributed by atoms with Crippen LogP contribution in [0.5, 0.6) is 5.75 Å². The first-order valence-corrected chi connectivity index (χ1v) is 6.23. The van der Waals surface area contributed by atoms with Crippen LogP contribution in [0.1, 0.15) is 25.5 Å². The van der Waals surface area contributed by atoms with Gasteiger partial charge in [-0.15, -0.1) is 0 Å². The molecule has 2 rings (SSSR count). The SMILES string of the molecule is CCCCc1[nH]nc(N)c1-c1ccc(OC)cc1. The lowest BCUT2D eigenvalue weighted by Gasteiger charge is -2.05. The Labute approximate surface area is 107 Å². The van der Waals surface area contributed by atoms with Crippen molar-refractivity contribution in [2.75, 3.05) is 12.8 Å². The molecule has 4 heteroatoms. The summed E-state index contributed by atoms with van der Waals surface area (Å²) in [6, 6.07) is 7.89. The van der Waals surface area contributed by atoms with Gasteiger partial charge < -0.3 is 10.5 Å². The molecule has 0 saturated carbocycles. The highest BCUT2D eigenvalue weighted by molar-refractivity contribution is 5.76. The summed E-state index contributed by atoms with van der Waals surface area (Å²) < 4.78 is 5.16. The first-order chi connectivity index (χ1) is 8.76. The molecule has 0 fully saturated rings. The lowest BCUT2D eigenvalue weighted by atomic mass is 10.0. The summed E-state index contributed by atoms with van der Waals surface area (Å²) in [4.78, 5) is 0. The number of methoxy groups -OCH3 is 1. The lowest BCUT2D eigenvalue weighted by Crippen LogP contribution is -1.92. The Balaban J connectivity index is 2.32. The number of aromatic amines is 1. The summed E-state index contributed by atoms with van der Waals surface area (Å²) in [5.74, 6) is 1.40. The molecule has 4 nitrogen and oxygen atoms in total. The van der Waals surface area contributed by atoms with Gasteiger partial charge in [-0.3, -0.25) is 5.10 Å². The van der Waals surface area contributed by atoms with Gasteiger partial charge in [0.2, 0.25) is 0 Å². The smallest absolute Gasteiger partial charge is 0.153 e. The number of nitrogen functional groups attached to an aromatic ring is 1. The zero-order chi connectivity index (χ0) is 13.0. The van der Waals surface area contributed by atoms with E-state index in [0.29, 0.717) is 5.82 Å². The number of aromatic nitrogens is 2. The van der Waals surface area contributed by atoms with Crippen LogP contribution in [0.15, 0.2) is 24.3 Å². The summed E-state index contributed by atoms with van der Waals surface area (Å²) >= 11 is 0. The third-order valence-electron chi connectivity index (χ3n) is 3.03. The van der Waals surface area contributed by atoms with Gasteiger partial charge in [0.1, 0.15) is 5.75 Å². The van der Waals surface area contributed by atoms with Crippen molar-refractivity contribution in [3.8, 4) is 16.9 Å². The first kappa shape index (κ1) is 12.5. The summed E-state index contributed by atoms with van der Waals surface area (Å²) in [6.45, 7) is 2.17. The Kier molecular flexibility index (Phi) is 3.87. The number of nitrogens with zero attached hydrogens (tertiary/aromatic N) is 1. The molecule has 0 spiro atoms. The maximum Gasteiger partial charge on any atom is 0.153 e. The average Bonchev–Trinajstić information content (AvgIpc) is 2.77. The molecule has 1 aromatic carbocycles. The van der Waals surface area contributed by atoms with Crippen LogP contribution < -0.4 is 10.5 Å². The second-order valence-corrected chi connectivity index (χ2v) is 4.29. The summed E-state index contributed by atoms with van der Waals surface area (Å²) in [5, 5.41) is 7.14. The van der Waals surface area contributed by atoms with Crippen molar-refractivity contribution in [1.82, 2.24) is 10.2 Å². The number of rotatable bonds is 5. The van der Waals surface area contributed by atoms with Crippen LogP contribution in [0.25, 0.3) is 11.1 Å². The Morgan fingerprint density at radius 2 is 2.00 bits per heavy atom. The van der Waals surface area contributed by atoms with Gasteiger partial charge in [0, 0.05) is 11.3 Å². The number of benzene rings is 1. The normalized spacial score (nSPS) is 10.6. The average molecular weight is 245 g/mol.